The molecular weight excluding hydrogens is 256 g/mol. The minimum atomic E-state index is -0.667. The van der Waals surface area contributed by atoms with Gasteiger partial charge in [0.25, 0.3) is 0 Å². The Bertz CT molecular complexity index is 582. The number of hydrogen-bond acceptors (Lipinski definition) is 6. The smallest absolute Gasteiger partial charge is 0.442 e. The van der Waals surface area contributed by atoms with Crippen LogP contribution in [-0.4, -0.2) is 21.8 Å². The van der Waals surface area contributed by atoms with Crippen molar-refractivity contribution in [3.05, 3.63) is 28.1 Å². The summed E-state index contributed by atoms with van der Waals surface area (Å²) in [6.45, 7) is 3.29. The standard InChI is InChI=1S/C11H12N2O4S/c1-7(2)16-9(14)6-13-10(12-17-11(13)15)8-4-3-5-18-8/h3-5,7H,6H2,1-2H3. The zero-order valence-corrected chi connectivity index (χ0v) is 10.8. The Balaban J connectivity index is 2.25. The molecule has 7 heteroatoms. The summed E-state index contributed by atoms with van der Waals surface area (Å²) in [5.41, 5.74) is 0. The normalized spacial score (nSPS) is 10.8. The van der Waals surface area contributed by atoms with Crippen LogP contribution in [-0.2, 0) is 16.1 Å². The van der Waals surface area contributed by atoms with Gasteiger partial charge in [0, 0.05) is 0 Å². The van der Waals surface area contributed by atoms with E-state index in [2.05, 4.69) is 9.68 Å². The Morgan fingerprint density at radius 1 is 1.61 bits per heavy atom. The summed E-state index contributed by atoms with van der Waals surface area (Å²) < 4.78 is 10.7. The maximum Gasteiger partial charge on any atom is 0.442 e. The number of thiophene rings is 1. The van der Waals surface area contributed by atoms with Crippen molar-refractivity contribution in [3.8, 4) is 10.7 Å². The fraction of sp³-hybridized carbons (Fsp3) is 0.364. The predicted molar refractivity (Wildman–Crippen MR) is 65.3 cm³/mol. The van der Waals surface area contributed by atoms with Crippen molar-refractivity contribution < 1.29 is 14.1 Å². The van der Waals surface area contributed by atoms with Crippen molar-refractivity contribution in [2.75, 3.05) is 0 Å². The maximum atomic E-state index is 11.5. The van der Waals surface area contributed by atoms with Gasteiger partial charge in [-0.05, 0) is 25.3 Å². The summed E-state index contributed by atoms with van der Waals surface area (Å²) in [6, 6.07) is 3.63. The first kappa shape index (κ1) is 12.6. The van der Waals surface area contributed by atoms with Crippen LogP contribution in [0.25, 0.3) is 10.7 Å². The van der Waals surface area contributed by atoms with Crippen molar-refractivity contribution in [1.29, 1.82) is 0 Å². The fourth-order valence-electron chi connectivity index (χ4n) is 1.42. The molecule has 2 heterocycles. The van der Waals surface area contributed by atoms with E-state index in [-0.39, 0.29) is 12.6 Å². The van der Waals surface area contributed by atoms with Gasteiger partial charge in [0.1, 0.15) is 6.54 Å². The molecule has 0 amide bonds. The fourth-order valence-corrected chi connectivity index (χ4v) is 2.13. The van der Waals surface area contributed by atoms with Gasteiger partial charge >= 0.3 is 11.7 Å². The minimum absolute atomic E-state index is 0.201. The van der Waals surface area contributed by atoms with Crippen molar-refractivity contribution in [3.63, 3.8) is 0 Å². The number of carbonyl (C=O) groups excluding carboxylic acids is 1. The lowest BCUT2D eigenvalue weighted by Crippen LogP contribution is -2.24. The van der Waals surface area contributed by atoms with Crippen LogP contribution < -0.4 is 5.76 Å². The highest BCUT2D eigenvalue weighted by atomic mass is 32.1. The van der Waals surface area contributed by atoms with E-state index in [0.29, 0.717) is 5.82 Å². The first-order chi connectivity index (χ1) is 8.58. The van der Waals surface area contributed by atoms with Crippen LogP contribution in [0.4, 0.5) is 0 Å². The summed E-state index contributed by atoms with van der Waals surface area (Å²) >= 11 is 1.41. The number of rotatable bonds is 4. The van der Waals surface area contributed by atoms with E-state index in [0.717, 1.165) is 9.44 Å². The molecule has 0 saturated heterocycles. The minimum Gasteiger partial charge on any atom is -0.462 e. The quantitative estimate of drug-likeness (QED) is 0.786. The van der Waals surface area contributed by atoms with Gasteiger partial charge in [-0.15, -0.1) is 11.3 Å². The molecule has 0 atom stereocenters. The van der Waals surface area contributed by atoms with Crippen molar-refractivity contribution in [2.45, 2.75) is 26.5 Å². The summed E-state index contributed by atoms with van der Waals surface area (Å²) in [7, 11) is 0. The molecular formula is C11H12N2O4S. The molecule has 0 unspecified atom stereocenters. The molecule has 2 rings (SSSR count). The Labute approximate surface area is 107 Å². The molecule has 2 aromatic heterocycles. The second-order valence-electron chi connectivity index (χ2n) is 3.87. The van der Waals surface area contributed by atoms with Crippen LogP contribution in [0.3, 0.4) is 0 Å². The first-order valence-electron chi connectivity index (χ1n) is 5.38. The Morgan fingerprint density at radius 2 is 2.39 bits per heavy atom. The molecule has 18 heavy (non-hydrogen) atoms. The SMILES string of the molecule is CC(C)OC(=O)Cn1c(-c2cccs2)noc1=O. The number of hydrogen-bond donors (Lipinski definition) is 0. The van der Waals surface area contributed by atoms with E-state index >= 15 is 0 Å². The Morgan fingerprint density at radius 3 is 3.00 bits per heavy atom. The molecule has 0 aliphatic carbocycles. The van der Waals surface area contributed by atoms with Gasteiger partial charge < -0.3 is 4.74 Å². The molecule has 0 spiro atoms. The average molecular weight is 268 g/mol. The van der Waals surface area contributed by atoms with Crippen LogP contribution in [0.5, 0.6) is 0 Å². The van der Waals surface area contributed by atoms with E-state index in [9.17, 15) is 9.59 Å². The highest BCUT2D eigenvalue weighted by Crippen LogP contribution is 2.21. The molecule has 0 aliphatic rings. The van der Waals surface area contributed by atoms with Gasteiger partial charge in [-0.1, -0.05) is 11.2 Å². The molecule has 6 nitrogen and oxygen atoms in total. The third-order valence-corrected chi connectivity index (χ3v) is 2.95. The average Bonchev–Trinajstić information content (AvgIpc) is 2.88. The van der Waals surface area contributed by atoms with Crippen LogP contribution in [0, 0.1) is 0 Å². The Hall–Kier alpha value is -1.89. The second kappa shape index (κ2) is 5.18. The largest absolute Gasteiger partial charge is 0.462 e. The monoisotopic (exact) mass is 268 g/mol. The van der Waals surface area contributed by atoms with E-state index in [1.807, 2.05) is 11.4 Å². The third kappa shape index (κ3) is 2.67. The predicted octanol–water partition coefficient (Wildman–Crippen LogP) is 1.52. The van der Waals surface area contributed by atoms with Crippen LogP contribution >= 0.6 is 11.3 Å². The summed E-state index contributed by atoms with van der Waals surface area (Å²) in [6.07, 6.45) is -0.224. The lowest BCUT2D eigenvalue weighted by molar-refractivity contribution is -0.148. The summed E-state index contributed by atoms with van der Waals surface area (Å²) in [5, 5.41) is 5.52. The summed E-state index contributed by atoms with van der Waals surface area (Å²) in [4.78, 5) is 23.8. The van der Waals surface area contributed by atoms with Gasteiger partial charge in [-0.25, -0.2) is 9.36 Å². The van der Waals surface area contributed by atoms with Gasteiger partial charge in [-0.2, -0.15) is 0 Å². The van der Waals surface area contributed by atoms with Gasteiger partial charge in [0.15, 0.2) is 5.82 Å². The Kier molecular flexibility index (Phi) is 3.61. The lowest BCUT2D eigenvalue weighted by Gasteiger charge is -2.07. The van der Waals surface area contributed by atoms with E-state index in [4.69, 9.17) is 4.74 Å². The zero-order chi connectivity index (χ0) is 13.1. The highest BCUT2D eigenvalue weighted by molar-refractivity contribution is 7.13. The zero-order valence-electron chi connectivity index (χ0n) is 9.95. The van der Waals surface area contributed by atoms with E-state index in [1.165, 1.54) is 11.3 Å². The molecule has 2 aromatic rings. The topological polar surface area (TPSA) is 74.3 Å². The third-order valence-electron chi connectivity index (χ3n) is 2.08. The van der Waals surface area contributed by atoms with E-state index < -0.39 is 11.7 Å². The number of ether oxygens (including phenoxy) is 1. The molecule has 0 N–H and O–H groups in total. The molecule has 0 aliphatic heterocycles. The van der Waals surface area contributed by atoms with Gasteiger partial charge in [0.2, 0.25) is 0 Å². The van der Waals surface area contributed by atoms with Gasteiger partial charge in [-0.3, -0.25) is 9.32 Å². The molecule has 0 saturated carbocycles. The van der Waals surface area contributed by atoms with Crippen molar-refractivity contribution in [2.24, 2.45) is 0 Å². The molecule has 0 bridgehead atoms. The second-order valence-corrected chi connectivity index (χ2v) is 4.82. The maximum absolute atomic E-state index is 11.5. The molecule has 0 aromatic carbocycles. The van der Waals surface area contributed by atoms with E-state index in [1.54, 1.807) is 19.9 Å². The number of esters is 1. The molecule has 0 radical (unpaired) electrons. The van der Waals surface area contributed by atoms with Crippen molar-refractivity contribution >= 4 is 17.3 Å². The molecule has 0 fully saturated rings. The first-order valence-corrected chi connectivity index (χ1v) is 6.25. The lowest BCUT2D eigenvalue weighted by atomic mass is 10.4. The van der Waals surface area contributed by atoms with Crippen LogP contribution in [0.1, 0.15) is 13.8 Å². The number of nitrogens with zero attached hydrogens (tertiary/aromatic N) is 2. The van der Waals surface area contributed by atoms with Crippen molar-refractivity contribution in [1.82, 2.24) is 9.72 Å². The van der Waals surface area contributed by atoms with Crippen LogP contribution in [0.2, 0.25) is 0 Å². The summed E-state index contributed by atoms with van der Waals surface area (Å²) in [5.74, 6) is -0.817. The van der Waals surface area contributed by atoms with Crippen LogP contribution in [0.15, 0.2) is 26.8 Å². The highest BCUT2D eigenvalue weighted by Gasteiger charge is 2.17. The molecule has 96 valence electrons. The number of carbonyl (C=O) groups is 1. The number of aromatic nitrogens is 2. The van der Waals surface area contributed by atoms with Gasteiger partial charge in [0.05, 0.1) is 11.0 Å².